The normalized spacial score (nSPS) is 18.1. The van der Waals surface area contributed by atoms with Crippen LogP contribution in [0.1, 0.15) is 23.2 Å². The van der Waals surface area contributed by atoms with Crippen molar-refractivity contribution in [2.45, 2.75) is 12.8 Å². The lowest BCUT2D eigenvalue weighted by molar-refractivity contribution is 0.0853. The number of carbonyl (C=O) groups is 1. The van der Waals surface area contributed by atoms with E-state index in [1.807, 2.05) is 0 Å². The van der Waals surface area contributed by atoms with E-state index in [2.05, 4.69) is 5.32 Å². The van der Waals surface area contributed by atoms with Crippen LogP contribution in [0.15, 0.2) is 24.3 Å². The van der Waals surface area contributed by atoms with Crippen molar-refractivity contribution in [3.8, 4) is 0 Å². The molecule has 1 aliphatic rings. The highest BCUT2D eigenvalue weighted by Gasteiger charge is 2.15. The lowest BCUT2D eigenvalue weighted by Gasteiger charge is -2.09. The SMILES string of the molecule is Nc1cccc(C(=O)NCCCOCC2CCOC2)c1. The second-order valence-corrected chi connectivity index (χ2v) is 5.04. The second-order valence-electron chi connectivity index (χ2n) is 5.04. The van der Waals surface area contributed by atoms with E-state index in [1.165, 1.54) is 0 Å². The number of ether oxygens (including phenoxy) is 2. The summed E-state index contributed by atoms with van der Waals surface area (Å²) in [6.07, 6.45) is 1.90. The number of benzene rings is 1. The third kappa shape index (κ3) is 4.83. The first-order valence-electron chi connectivity index (χ1n) is 7.05. The Morgan fingerprint density at radius 2 is 2.40 bits per heavy atom. The Morgan fingerprint density at radius 3 is 3.15 bits per heavy atom. The molecule has 1 saturated heterocycles. The van der Waals surface area contributed by atoms with Gasteiger partial charge in [-0.05, 0) is 31.0 Å². The summed E-state index contributed by atoms with van der Waals surface area (Å²) in [5.74, 6) is 0.443. The highest BCUT2D eigenvalue weighted by molar-refractivity contribution is 5.94. The predicted octanol–water partition coefficient (Wildman–Crippen LogP) is 1.44. The maximum absolute atomic E-state index is 11.8. The van der Waals surface area contributed by atoms with Crippen LogP contribution < -0.4 is 11.1 Å². The van der Waals surface area contributed by atoms with E-state index in [0.717, 1.165) is 32.7 Å². The average Bonchev–Trinajstić information content (AvgIpc) is 2.95. The molecule has 1 unspecified atom stereocenters. The third-order valence-corrected chi connectivity index (χ3v) is 3.28. The maximum atomic E-state index is 11.8. The Kier molecular flexibility index (Phi) is 5.83. The summed E-state index contributed by atoms with van der Waals surface area (Å²) in [5.41, 5.74) is 6.83. The van der Waals surface area contributed by atoms with Crippen molar-refractivity contribution in [2.75, 3.05) is 38.7 Å². The Morgan fingerprint density at radius 1 is 1.50 bits per heavy atom. The number of hydrogen-bond acceptors (Lipinski definition) is 4. The lowest BCUT2D eigenvalue weighted by Crippen LogP contribution is -2.25. The van der Waals surface area contributed by atoms with Gasteiger partial charge in [-0.25, -0.2) is 0 Å². The standard InChI is InChI=1S/C15H22N2O3/c16-14-4-1-3-13(9-14)15(18)17-6-2-7-19-10-12-5-8-20-11-12/h1,3-4,9,12H,2,5-8,10-11,16H2,(H,17,18). The van der Waals surface area contributed by atoms with Gasteiger partial charge in [0, 0.05) is 36.9 Å². The number of amides is 1. The zero-order chi connectivity index (χ0) is 14.2. The minimum absolute atomic E-state index is 0.0958. The number of hydrogen-bond donors (Lipinski definition) is 2. The Balaban J connectivity index is 1.55. The monoisotopic (exact) mass is 278 g/mol. The molecule has 0 radical (unpaired) electrons. The van der Waals surface area contributed by atoms with Crippen molar-refractivity contribution < 1.29 is 14.3 Å². The molecule has 1 aromatic carbocycles. The zero-order valence-electron chi connectivity index (χ0n) is 11.6. The second kappa shape index (κ2) is 7.87. The van der Waals surface area contributed by atoms with Crippen LogP contribution in [0.2, 0.25) is 0 Å². The number of nitrogens with two attached hydrogens (primary N) is 1. The van der Waals surface area contributed by atoms with Crippen LogP contribution in [-0.4, -0.2) is 38.9 Å². The molecule has 0 spiro atoms. The molecule has 5 nitrogen and oxygen atoms in total. The third-order valence-electron chi connectivity index (χ3n) is 3.28. The van der Waals surface area contributed by atoms with Gasteiger partial charge in [0.15, 0.2) is 0 Å². The van der Waals surface area contributed by atoms with E-state index >= 15 is 0 Å². The molecule has 1 heterocycles. The molecule has 0 bridgehead atoms. The molecule has 0 aromatic heterocycles. The van der Waals surface area contributed by atoms with Crippen molar-refractivity contribution >= 4 is 11.6 Å². The Labute approximate surface area is 119 Å². The fourth-order valence-electron chi connectivity index (χ4n) is 2.12. The van der Waals surface area contributed by atoms with E-state index in [4.69, 9.17) is 15.2 Å². The summed E-state index contributed by atoms with van der Waals surface area (Å²) in [4.78, 5) is 11.8. The quantitative estimate of drug-likeness (QED) is 0.585. The first-order chi connectivity index (χ1) is 9.75. The summed E-state index contributed by atoms with van der Waals surface area (Å²) < 4.78 is 10.9. The molecular weight excluding hydrogens is 256 g/mol. The molecule has 1 fully saturated rings. The molecule has 0 aliphatic carbocycles. The van der Waals surface area contributed by atoms with Gasteiger partial charge in [0.25, 0.3) is 5.91 Å². The minimum Gasteiger partial charge on any atom is -0.399 e. The molecule has 110 valence electrons. The van der Waals surface area contributed by atoms with E-state index in [1.54, 1.807) is 24.3 Å². The molecule has 20 heavy (non-hydrogen) atoms. The van der Waals surface area contributed by atoms with Crippen molar-refractivity contribution in [2.24, 2.45) is 5.92 Å². The van der Waals surface area contributed by atoms with Crippen LogP contribution in [0.25, 0.3) is 0 Å². The molecule has 1 amide bonds. The summed E-state index contributed by atoms with van der Waals surface area (Å²) in [5, 5.41) is 2.86. The molecular formula is C15H22N2O3. The number of nitrogens with one attached hydrogen (secondary N) is 1. The average molecular weight is 278 g/mol. The lowest BCUT2D eigenvalue weighted by atomic mass is 10.1. The summed E-state index contributed by atoms with van der Waals surface area (Å²) in [6.45, 7) is 3.68. The van der Waals surface area contributed by atoms with Gasteiger partial charge in [-0.3, -0.25) is 4.79 Å². The topological polar surface area (TPSA) is 73.6 Å². The van der Waals surface area contributed by atoms with Crippen LogP contribution in [-0.2, 0) is 9.47 Å². The van der Waals surface area contributed by atoms with Gasteiger partial charge >= 0.3 is 0 Å². The van der Waals surface area contributed by atoms with Crippen molar-refractivity contribution in [1.82, 2.24) is 5.32 Å². The van der Waals surface area contributed by atoms with Gasteiger partial charge in [0.2, 0.25) is 0 Å². The summed E-state index contributed by atoms with van der Waals surface area (Å²) in [7, 11) is 0. The molecule has 0 saturated carbocycles. The fourth-order valence-corrected chi connectivity index (χ4v) is 2.12. The maximum Gasteiger partial charge on any atom is 0.251 e. The van der Waals surface area contributed by atoms with E-state index in [-0.39, 0.29) is 5.91 Å². The first kappa shape index (κ1) is 14.8. The number of carbonyl (C=O) groups excluding carboxylic acids is 1. The molecule has 5 heteroatoms. The van der Waals surface area contributed by atoms with E-state index < -0.39 is 0 Å². The smallest absolute Gasteiger partial charge is 0.251 e. The number of anilines is 1. The van der Waals surface area contributed by atoms with Crippen LogP contribution in [0.5, 0.6) is 0 Å². The van der Waals surface area contributed by atoms with E-state index in [9.17, 15) is 4.79 Å². The predicted molar refractivity (Wildman–Crippen MR) is 77.5 cm³/mol. The van der Waals surface area contributed by atoms with Crippen molar-refractivity contribution in [3.63, 3.8) is 0 Å². The summed E-state index contributed by atoms with van der Waals surface area (Å²) >= 11 is 0. The van der Waals surface area contributed by atoms with Crippen LogP contribution in [0.3, 0.4) is 0 Å². The fraction of sp³-hybridized carbons (Fsp3) is 0.533. The Hall–Kier alpha value is -1.59. The molecule has 1 aliphatic heterocycles. The van der Waals surface area contributed by atoms with Gasteiger partial charge in [0.1, 0.15) is 0 Å². The highest BCUT2D eigenvalue weighted by Crippen LogP contribution is 2.12. The van der Waals surface area contributed by atoms with Crippen molar-refractivity contribution in [3.05, 3.63) is 29.8 Å². The zero-order valence-corrected chi connectivity index (χ0v) is 11.6. The highest BCUT2D eigenvalue weighted by atomic mass is 16.5. The molecule has 2 rings (SSSR count). The molecule has 3 N–H and O–H groups in total. The molecule has 1 aromatic rings. The van der Waals surface area contributed by atoms with Gasteiger partial charge in [-0.2, -0.15) is 0 Å². The molecule has 1 atom stereocenters. The van der Waals surface area contributed by atoms with E-state index in [0.29, 0.717) is 30.3 Å². The van der Waals surface area contributed by atoms with Gasteiger partial charge in [-0.1, -0.05) is 6.07 Å². The number of nitrogen functional groups attached to an aromatic ring is 1. The largest absolute Gasteiger partial charge is 0.399 e. The first-order valence-corrected chi connectivity index (χ1v) is 7.05. The number of rotatable bonds is 7. The van der Waals surface area contributed by atoms with Gasteiger partial charge in [0.05, 0.1) is 13.2 Å². The van der Waals surface area contributed by atoms with Crippen LogP contribution in [0.4, 0.5) is 5.69 Å². The van der Waals surface area contributed by atoms with Crippen molar-refractivity contribution in [1.29, 1.82) is 0 Å². The van der Waals surface area contributed by atoms with Gasteiger partial charge in [-0.15, -0.1) is 0 Å². The van der Waals surface area contributed by atoms with Crippen LogP contribution >= 0.6 is 0 Å². The Bertz CT molecular complexity index is 431. The van der Waals surface area contributed by atoms with Gasteiger partial charge < -0.3 is 20.5 Å². The van der Waals surface area contributed by atoms with Crippen LogP contribution in [0, 0.1) is 5.92 Å². The summed E-state index contributed by atoms with van der Waals surface area (Å²) in [6, 6.07) is 6.96. The minimum atomic E-state index is -0.0958.